The van der Waals surface area contributed by atoms with Crippen LogP contribution in [0.4, 0.5) is 11.5 Å². The summed E-state index contributed by atoms with van der Waals surface area (Å²) in [6.45, 7) is 2.59. The molecule has 15 heavy (non-hydrogen) atoms. The minimum absolute atomic E-state index is 0.385. The molecule has 0 bridgehead atoms. The first-order valence-electron chi connectivity index (χ1n) is 4.71. The van der Waals surface area contributed by atoms with Gasteiger partial charge in [-0.2, -0.15) is 4.98 Å². The highest BCUT2D eigenvalue weighted by Crippen LogP contribution is 2.26. The fraction of sp³-hybridized carbons (Fsp3) is 0.556. The molecule has 0 saturated carbocycles. The van der Waals surface area contributed by atoms with Crippen molar-refractivity contribution in [3.05, 3.63) is 6.33 Å². The van der Waals surface area contributed by atoms with Crippen LogP contribution in [0.1, 0.15) is 13.3 Å². The lowest BCUT2D eigenvalue weighted by Crippen LogP contribution is -2.18. The molecule has 1 rings (SSSR count). The average molecular weight is 212 g/mol. The Morgan fingerprint density at radius 2 is 2.20 bits per heavy atom. The number of nitrogen functional groups attached to an aromatic ring is 1. The second kappa shape index (κ2) is 5.35. The SMILES string of the molecule is CCCOc1ncnc(N(C)OC)c1N. The average Bonchev–Trinajstić information content (AvgIpc) is 2.27. The third-order valence-corrected chi connectivity index (χ3v) is 1.84. The fourth-order valence-electron chi connectivity index (χ4n) is 1.02. The predicted octanol–water partition coefficient (Wildman–Crippen LogP) is 0.845. The predicted molar refractivity (Wildman–Crippen MR) is 57.6 cm³/mol. The Bertz CT molecular complexity index is 319. The largest absolute Gasteiger partial charge is 0.476 e. The molecule has 1 aromatic heterocycles. The first-order chi connectivity index (χ1) is 7.20. The van der Waals surface area contributed by atoms with Crippen LogP contribution in [0, 0.1) is 0 Å². The summed E-state index contributed by atoms with van der Waals surface area (Å²) in [7, 11) is 3.25. The Morgan fingerprint density at radius 1 is 1.47 bits per heavy atom. The number of aromatic nitrogens is 2. The van der Waals surface area contributed by atoms with Crippen molar-refractivity contribution in [3.8, 4) is 5.88 Å². The van der Waals surface area contributed by atoms with Gasteiger partial charge in [0.2, 0.25) is 5.88 Å². The molecule has 0 aliphatic heterocycles. The lowest BCUT2D eigenvalue weighted by Gasteiger charge is -2.17. The number of hydrogen-bond acceptors (Lipinski definition) is 6. The zero-order chi connectivity index (χ0) is 11.3. The van der Waals surface area contributed by atoms with Crippen LogP contribution in [0.25, 0.3) is 0 Å². The third-order valence-electron chi connectivity index (χ3n) is 1.84. The molecule has 0 radical (unpaired) electrons. The summed E-state index contributed by atoms with van der Waals surface area (Å²) in [5, 5.41) is 1.45. The molecule has 0 amide bonds. The Kier molecular flexibility index (Phi) is 4.11. The quantitative estimate of drug-likeness (QED) is 0.729. The molecule has 0 spiro atoms. The zero-order valence-corrected chi connectivity index (χ0v) is 9.23. The van der Waals surface area contributed by atoms with Crippen LogP contribution in [0.3, 0.4) is 0 Å². The van der Waals surface area contributed by atoms with Gasteiger partial charge in [-0.3, -0.25) is 4.84 Å². The summed E-state index contributed by atoms with van der Waals surface area (Å²) in [5.41, 5.74) is 6.21. The molecule has 0 saturated heterocycles. The van der Waals surface area contributed by atoms with Gasteiger partial charge < -0.3 is 10.5 Å². The number of ether oxygens (including phenoxy) is 1. The number of hydroxylamine groups is 1. The molecular weight excluding hydrogens is 196 g/mol. The van der Waals surface area contributed by atoms with Gasteiger partial charge >= 0.3 is 0 Å². The zero-order valence-electron chi connectivity index (χ0n) is 9.23. The van der Waals surface area contributed by atoms with Crippen molar-refractivity contribution in [2.45, 2.75) is 13.3 Å². The molecule has 0 aliphatic rings. The maximum atomic E-state index is 5.83. The second-order valence-electron chi connectivity index (χ2n) is 2.94. The smallest absolute Gasteiger partial charge is 0.242 e. The number of anilines is 2. The van der Waals surface area contributed by atoms with Gasteiger partial charge in [0.05, 0.1) is 13.7 Å². The fourth-order valence-corrected chi connectivity index (χ4v) is 1.02. The maximum Gasteiger partial charge on any atom is 0.242 e. The van der Waals surface area contributed by atoms with Gasteiger partial charge in [-0.25, -0.2) is 10.0 Å². The van der Waals surface area contributed by atoms with Crippen molar-refractivity contribution in [1.29, 1.82) is 0 Å². The van der Waals surface area contributed by atoms with E-state index >= 15 is 0 Å². The first-order valence-corrected chi connectivity index (χ1v) is 4.71. The molecule has 6 heteroatoms. The van der Waals surface area contributed by atoms with Crippen LogP contribution < -0.4 is 15.5 Å². The molecular formula is C9H16N4O2. The molecule has 6 nitrogen and oxygen atoms in total. The maximum absolute atomic E-state index is 5.83. The molecule has 0 aromatic carbocycles. The van der Waals surface area contributed by atoms with Crippen molar-refractivity contribution in [1.82, 2.24) is 9.97 Å². The number of nitrogens with zero attached hydrogens (tertiary/aromatic N) is 3. The van der Waals surface area contributed by atoms with Crippen molar-refractivity contribution in [2.75, 3.05) is 31.6 Å². The molecule has 1 heterocycles. The normalized spacial score (nSPS) is 10.1. The lowest BCUT2D eigenvalue weighted by molar-refractivity contribution is 0.182. The molecule has 1 aromatic rings. The minimum atomic E-state index is 0.385. The number of nitrogens with two attached hydrogens (primary N) is 1. The van der Waals surface area contributed by atoms with Gasteiger partial charge in [0.1, 0.15) is 12.0 Å². The summed E-state index contributed by atoms with van der Waals surface area (Å²) in [6.07, 6.45) is 2.30. The van der Waals surface area contributed by atoms with E-state index in [0.29, 0.717) is 24.0 Å². The minimum Gasteiger partial charge on any atom is -0.476 e. The lowest BCUT2D eigenvalue weighted by atomic mass is 10.4. The summed E-state index contributed by atoms with van der Waals surface area (Å²) < 4.78 is 5.36. The Hall–Kier alpha value is -1.56. The van der Waals surface area contributed by atoms with E-state index in [0.717, 1.165) is 6.42 Å². The summed E-state index contributed by atoms with van der Waals surface area (Å²) in [6, 6.07) is 0. The van der Waals surface area contributed by atoms with Gasteiger partial charge in [0.15, 0.2) is 5.82 Å². The van der Waals surface area contributed by atoms with Crippen LogP contribution in [-0.2, 0) is 4.84 Å². The van der Waals surface area contributed by atoms with Crippen LogP contribution in [0.5, 0.6) is 5.88 Å². The van der Waals surface area contributed by atoms with Gasteiger partial charge in [-0.15, -0.1) is 0 Å². The van der Waals surface area contributed by atoms with Crippen molar-refractivity contribution < 1.29 is 9.57 Å². The van der Waals surface area contributed by atoms with Gasteiger partial charge in [-0.1, -0.05) is 6.92 Å². The van der Waals surface area contributed by atoms with E-state index in [2.05, 4.69) is 9.97 Å². The van der Waals surface area contributed by atoms with Crippen molar-refractivity contribution in [3.63, 3.8) is 0 Å². The van der Waals surface area contributed by atoms with E-state index in [1.807, 2.05) is 6.92 Å². The van der Waals surface area contributed by atoms with Crippen LogP contribution >= 0.6 is 0 Å². The van der Waals surface area contributed by atoms with E-state index in [4.69, 9.17) is 15.3 Å². The summed E-state index contributed by atoms with van der Waals surface area (Å²) in [4.78, 5) is 12.9. The van der Waals surface area contributed by atoms with Crippen LogP contribution in [0.2, 0.25) is 0 Å². The van der Waals surface area contributed by atoms with E-state index in [9.17, 15) is 0 Å². The molecule has 2 N–H and O–H groups in total. The van der Waals surface area contributed by atoms with Crippen LogP contribution in [-0.4, -0.2) is 30.7 Å². The number of rotatable bonds is 5. The second-order valence-corrected chi connectivity index (χ2v) is 2.94. The van der Waals surface area contributed by atoms with Crippen molar-refractivity contribution in [2.24, 2.45) is 0 Å². The molecule has 84 valence electrons. The van der Waals surface area contributed by atoms with Gasteiger partial charge in [0, 0.05) is 7.05 Å². The Labute approximate surface area is 89.0 Å². The van der Waals surface area contributed by atoms with Crippen LogP contribution in [0.15, 0.2) is 6.33 Å². The van der Waals surface area contributed by atoms with E-state index in [1.165, 1.54) is 18.5 Å². The van der Waals surface area contributed by atoms with E-state index in [-0.39, 0.29) is 0 Å². The highest BCUT2D eigenvalue weighted by molar-refractivity contribution is 5.66. The number of hydrogen-bond donors (Lipinski definition) is 1. The van der Waals surface area contributed by atoms with Crippen molar-refractivity contribution >= 4 is 11.5 Å². The highest BCUT2D eigenvalue weighted by Gasteiger charge is 2.12. The molecule has 0 aliphatic carbocycles. The topological polar surface area (TPSA) is 73.5 Å². The monoisotopic (exact) mass is 212 g/mol. The Morgan fingerprint density at radius 3 is 2.80 bits per heavy atom. The van der Waals surface area contributed by atoms with Gasteiger partial charge in [0.25, 0.3) is 0 Å². The third kappa shape index (κ3) is 2.69. The molecule has 0 unspecified atom stereocenters. The summed E-state index contributed by atoms with van der Waals surface area (Å²) >= 11 is 0. The first kappa shape index (κ1) is 11.5. The Balaban J connectivity index is 2.90. The van der Waals surface area contributed by atoms with Gasteiger partial charge in [-0.05, 0) is 6.42 Å². The summed E-state index contributed by atoms with van der Waals surface area (Å²) in [5.74, 6) is 0.893. The van der Waals surface area contributed by atoms with E-state index < -0.39 is 0 Å². The standard InChI is InChI=1S/C9H16N4O2/c1-4-5-15-9-7(10)8(11-6-12-9)13(2)14-3/h6H,4-5,10H2,1-3H3. The molecule has 0 atom stereocenters. The van der Waals surface area contributed by atoms with E-state index in [1.54, 1.807) is 7.05 Å². The highest BCUT2D eigenvalue weighted by atomic mass is 16.7. The molecule has 0 fully saturated rings.